The quantitative estimate of drug-likeness (QED) is 0.574. The van der Waals surface area contributed by atoms with Gasteiger partial charge in [-0.05, 0) is 6.92 Å². The molecule has 0 saturated heterocycles. The highest BCUT2D eigenvalue weighted by Gasteiger charge is 2.15. The van der Waals surface area contributed by atoms with Gasteiger partial charge in [0.1, 0.15) is 12.4 Å². The van der Waals surface area contributed by atoms with Gasteiger partial charge in [-0.15, -0.1) is 0 Å². The third-order valence-corrected chi connectivity index (χ3v) is 1.64. The van der Waals surface area contributed by atoms with Gasteiger partial charge in [-0.1, -0.05) is 0 Å². The minimum atomic E-state index is 0.407. The fraction of sp³-hybridized carbons (Fsp3) is 0.429. The number of aromatic nitrogens is 2. The standard InChI is InChI=1S/C7H10N4O/c1-4-10-6(8)5-7(11-4)9-2-3-12-5/h2-3H2,1H3,(H3,8,9,10,11). The van der Waals surface area contributed by atoms with E-state index in [0.717, 1.165) is 6.54 Å². The SMILES string of the molecule is Cc1nc(N)c2c(n1)NCCO2. The number of ether oxygens (including phenoxy) is 1. The second-order valence-corrected chi connectivity index (χ2v) is 2.61. The average molecular weight is 166 g/mol. The Bertz CT molecular complexity index is 313. The van der Waals surface area contributed by atoms with Crippen LogP contribution < -0.4 is 15.8 Å². The Kier molecular flexibility index (Phi) is 1.49. The third kappa shape index (κ3) is 1.03. The van der Waals surface area contributed by atoms with E-state index in [2.05, 4.69) is 15.3 Å². The minimum absolute atomic E-state index is 0.407. The van der Waals surface area contributed by atoms with Crippen molar-refractivity contribution in [2.24, 2.45) is 0 Å². The summed E-state index contributed by atoms with van der Waals surface area (Å²) in [5.74, 6) is 2.34. The molecule has 1 aromatic heterocycles. The molecule has 0 bridgehead atoms. The first-order valence-electron chi connectivity index (χ1n) is 3.78. The predicted octanol–water partition coefficient (Wildman–Crippen LogP) is 0.172. The third-order valence-electron chi connectivity index (χ3n) is 1.64. The van der Waals surface area contributed by atoms with Crippen LogP contribution in [0.3, 0.4) is 0 Å². The molecule has 1 aliphatic rings. The number of rotatable bonds is 0. The van der Waals surface area contributed by atoms with Crippen LogP contribution in [0.1, 0.15) is 5.82 Å². The van der Waals surface area contributed by atoms with Gasteiger partial charge in [0, 0.05) is 0 Å². The van der Waals surface area contributed by atoms with Crippen molar-refractivity contribution in [3.05, 3.63) is 5.82 Å². The van der Waals surface area contributed by atoms with E-state index in [0.29, 0.717) is 29.8 Å². The largest absolute Gasteiger partial charge is 0.485 e. The summed E-state index contributed by atoms with van der Waals surface area (Å²) < 4.78 is 5.30. The topological polar surface area (TPSA) is 73.1 Å². The van der Waals surface area contributed by atoms with Crippen molar-refractivity contribution in [2.75, 3.05) is 24.2 Å². The maximum absolute atomic E-state index is 5.63. The minimum Gasteiger partial charge on any atom is -0.485 e. The summed E-state index contributed by atoms with van der Waals surface area (Å²) in [4.78, 5) is 8.14. The number of nitrogen functional groups attached to an aromatic ring is 1. The van der Waals surface area contributed by atoms with E-state index in [4.69, 9.17) is 10.5 Å². The first kappa shape index (κ1) is 7.15. The van der Waals surface area contributed by atoms with Gasteiger partial charge in [0.25, 0.3) is 0 Å². The zero-order valence-corrected chi connectivity index (χ0v) is 6.79. The molecule has 0 fully saturated rings. The lowest BCUT2D eigenvalue weighted by Crippen LogP contribution is -2.21. The lowest BCUT2D eigenvalue weighted by atomic mass is 10.4. The Morgan fingerprint density at radius 1 is 1.50 bits per heavy atom. The van der Waals surface area contributed by atoms with Crippen LogP contribution in [0.4, 0.5) is 11.6 Å². The summed E-state index contributed by atoms with van der Waals surface area (Å²) in [5.41, 5.74) is 5.63. The van der Waals surface area contributed by atoms with Gasteiger partial charge in [0.05, 0.1) is 6.54 Å². The van der Waals surface area contributed by atoms with Gasteiger partial charge in [-0.25, -0.2) is 9.97 Å². The van der Waals surface area contributed by atoms with E-state index in [1.54, 1.807) is 6.92 Å². The van der Waals surface area contributed by atoms with Crippen LogP contribution in [-0.4, -0.2) is 23.1 Å². The molecule has 2 rings (SSSR count). The molecule has 64 valence electrons. The summed E-state index contributed by atoms with van der Waals surface area (Å²) in [6, 6.07) is 0. The van der Waals surface area contributed by atoms with E-state index in [1.165, 1.54) is 0 Å². The molecule has 0 radical (unpaired) electrons. The Balaban J connectivity index is 2.53. The van der Waals surface area contributed by atoms with Crippen LogP contribution in [0.5, 0.6) is 5.75 Å². The van der Waals surface area contributed by atoms with Crippen LogP contribution in [0.15, 0.2) is 0 Å². The van der Waals surface area contributed by atoms with E-state index in [9.17, 15) is 0 Å². The molecule has 5 heteroatoms. The Hall–Kier alpha value is -1.52. The molecular weight excluding hydrogens is 156 g/mol. The molecule has 0 spiro atoms. The van der Waals surface area contributed by atoms with Crippen LogP contribution in [-0.2, 0) is 0 Å². The molecule has 1 aliphatic heterocycles. The molecule has 0 saturated carbocycles. The van der Waals surface area contributed by atoms with Gasteiger partial charge in [0.15, 0.2) is 11.6 Å². The van der Waals surface area contributed by atoms with Crippen molar-refractivity contribution in [2.45, 2.75) is 6.92 Å². The highest BCUT2D eigenvalue weighted by molar-refractivity contribution is 5.62. The van der Waals surface area contributed by atoms with Gasteiger partial charge in [-0.3, -0.25) is 0 Å². The van der Waals surface area contributed by atoms with Gasteiger partial charge < -0.3 is 15.8 Å². The number of hydrogen-bond acceptors (Lipinski definition) is 5. The van der Waals surface area contributed by atoms with E-state index in [1.807, 2.05) is 0 Å². The fourth-order valence-corrected chi connectivity index (χ4v) is 1.17. The number of nitrogens with zero attached hydrogens (tertiary/aromatic N) is 2. The van der Waals surface area contributed by atoms with Gasteiger partial charge >= 0.3 is 0 Å². The van der Waals surface area contributed by atoms with Gasteiger partial charge in [0.2, 0.25) is 5.75 Å². The number of fused-ring (bicyclic) bond motifs is 1. The molecule has 3 N–H and O–H groups in total. The number of anilines is 2. The van der Waals surface area contributed by atoms with E-state index < -0.39 is 0 Å². The maximum Gasteiger partial charge on any atom is 0.204 e. The highest BCUT2D eigenvalue weighted by Crippen LogP contribution is 2.29. The average Bonchev–Trinajstić information content (AvgIpc) is 2.04. The van der Waals surface area contributed by atoms with Gasteiger partial charge in [-0.2, -0.15) is 0 Å². The summed E-state index contributed by atoms with van der Waals surface area (Å²) in [6.45, 7) is 3.18. The number of hydrogen-bond donors (Lipinski definition) is 2. The Morgan fingerprint density at radius 3 is 3.17 bits per heavy atom. The molecule has 5 nitrogen and oxygen atoms in total. The lowest BCUT2D eigenvalue weighted by Gasteiger charge is -2.18. The zero-order chi connectivity index (χ0) is 8.55. The number of nitrogens with one attached hydrogen (secondary N) is 1. The molecule has 2 heterocycles. The van der Waals surface area contributed by atoms with Crippen molar-refractivity contribution < 1.29 is 4.74 Å². The number of nitrogens with two attached hydrogens (primary N) is 1. The van der Waals surface area contributed by atoms with Crippen molar-refractivity contribution in [1.82, 2.24) is 9.97 Å². The van der Waals surface area contributed by atoms with Crippen LogP contribution in [0.25, 0.3) is 0 Å². The smallest absolute Gasteiger partial charge is 0.204 e. The molecule has 0 unspecified atom stereocenters. The molecular formula is C7H10N4O. The zero-order valence-electron chi connectivity index (χ0n) is 6.79. The van der Waals surface area contributed by atoms with E-state index in [-0.39, 0.29) is 0 Å². The van der Waals surface area contributed by atoms with Crippen LogP contribution in [0.2, 0.25) is 0 Å². The maximum atomic E-state index is 5.63. The van der Waals surface area contributed by atoms with Crippen molar-refractivity contribution in [3.8, 4) is 5.75 Å². The second kappa shape index (κ2) is 2.51. The normalized spacial score (nSPS) is 14.4. The molecule has 0 aliphatic carbocycles. The van der Waals surface area contributed by atoms with Crippen molar-refractivity contribution in [3.63, 3.8) is 0 Å². The second-order valence-electron chi connectivity index (χ2n) is 2.61. The molecule has 0 aromatic carbocycles. The summed E-state index contributed by atoms with van der Waals surface area (Å²) in [5, 5.41) is 3.09. The fourth-order valence-electron chi connectivity index (χ4n) is 1.17. The Morgan fingerprint density at radius 2 is 2.33 bits per heavy atom. The van der Waals surface area contributed by atoms with E-state index >= 15 is 0 Å². The molecule has 12 heavy (non-hydrogen) atoms. The summed E-state index contributed by atoms with van der Waals surface area (Å²) in [7, 11) is 0. The van der Waals surface area contributed by atoms with Crippen molar-refractivity contribution in [1.29, 1.82) is 0 Å². The molecule has 0 atom stereocenters. The van der Waals surface area contributed by atoms with Crippen molar-refractivity contribution >= 4 is 11.6 Å². The summed E-state index contributed by atoms with van der Waals surface area (Å²) >= 11 is 0. The van der Waals surface area contributed by atoms with Crippen LogP contribution in [0, 0.1) is 6.92 Å². The van der Waals surface area contributed by atoms with Crippen LogP contribution >= 0.6 is 0 Å². The predicted molar refractivity (Wildman–Crippen MR) is 45.2 cm³/mol. The summed E-state index contributed by atoms with van der Waals surface area (Å²) in [6.07, 6.45) is 0. The first-order chi connectivity index (χ1) is 5.77. The molecule has 1 aromatic rings. The highest BCUT2D eigenvalue weighted by atomic mass is 16.5. The lowest BCUT2D eigenvalue weighted by molar-refractivity contribution is 0.321. The first-order valence-corrected chi connectivity index (χ1v) is 3.78. The Labute approximate surface area is 70.0 Å². The monoisotopic (exact) mass is 166 g/mol. The molecule has 0 amide bonds. The number of aryl methyl sites for hydroxylation is 1.